The zero-order valence-corrected chi connectivity index (χ0v) is 7.78. The maximum absolute atomic E-state index is 3.33. The molecule has 0 spiro atoms. The van der Waals surface area contributed by atoms with Gasteiger partial charge in [-0.15, -0.1) is 0 Å². The van der Waals surface area contributed by atoms with E-state index in [9.17, 15) is 0 Å². The molecule has 0 amide bonds. The Morgan fingerprint density at radius 2 is 1.80 bits per heavy atom. The fourth-order valence-corrected chi connectivity index (χ4v) is 0.840. The zero-order valence-electron chi connectivity index (χ0n) is 7.78. The summed E-state index contributed by atoms with van der Waals surface area (Å²) in [5.74, 6) is 1.69. The van der Waals surface area contributed by atoms with Gasteiger partial charge in [0.2, 0.25) is 0 Å². The molecule has 0 saturated heterocycles. The molecule has 0 aliphatic rings. The molecule has 0 aromatic carbocycles. The smallest absolute Gasteiger partial charge is 0.00464 e. The standard InChI is InChI=1S/C9H21N/c1-5-10-7-6-9(4)8(2)3/h8-10H,5-7H2,1-4H3. The first-order valence-corrected chi connectivity index (χ1v) is 4.39. The van der Waals surface area contributed by atoms with Gasteiger partial charge in [0.25, 0.3) is 0 Å². The van der Waals surface area contributed by atoms with Gasteiger partial charge in [0.05, 0.1) is 0 Å². The van der Waals surface area contributed by atoms with Crippen molar-refractivity contribution in [1.29, 1.82) is 0 Å². The predicted octanol–water partition coefficient (Wildman–Crippen LogP) is 2.28. The Morgan fingerprint density at radius 1 is 1.20 bits per heavy atom. The van der Waals surface area contributed by atoms with Gasteiger partial charge < -0.3 is 5.32 Å². The van der Waals surface area contributed by atoms with Crippen molar-refractivity contribution in [3.05, 3.63) is 0 Å². The summed E-state index contributed by atoms with van der Waals surface area (Å²) < 4.78 is 0. The van der Waals surface area contributed by atoms with Crippen molar-refractivity contribution in [2.75, 3.05) is 13.1 Å². The van der Waals surface area contributed by atoms with E-state index in [1.165, 1.54) is 13.0 Å². The molecule has 0 rings (SSSR count). The molecule has 0 aliphatic heterocycles. The van der Waals surface area contributed by atoms with E-state index in [0.717, 1.165) is 18.4 Å². The van der Waals surface area contributed by atoms with Crippen LogP contribution in [0.3, 0.4) is 0 Å². The topological polar surface area (TPSA) is 12.0 Å². The molecule has 1 unspecified atom stereocenters. The molecule has 62 valence electrons. The van der Waals surface area contributed by atoms with Crippen LogP contribution in [-0.2, 0) is 0 Å². The molecule has 0 saturated carbocycles. The molecule has 1 nitrogen and oxygen atoms in total. The summed E-state index contributed by atoms with van der Waals surface area (Å²) in [6.07, 6.45) is 1.31. The third kappa shape index (κ3) is 4.80. The molecule has 0 heterocycles. The zero-order chi connectivity index (χ0) is 7.98. The summed E-state index contributed by atoms with van der Waals surface area (Å²) in [5.41, 5.74) is 0. The van der Waals surface area contributed by atoms with E-state index in [1.54, 1.807) is 0 Å². The average molecular weight is 143 g/mol. The van der Waals surface area contributed by atoms with Gasteiger partial charge >= 0.3 is 0 Å². The third-order valence-corrected chi connectivity index (χ3v) is 2.16. The molecule has 0 aromatic heterocycles. The van der Waals surface area contributed by atoms with Crippen LogP contribution in [0.5, 0.6) is 0 Å². The van der Waals surface area contributed by atoms with Gasteiger partial charge in [0, 0.05) is 0 Å². The van der Waals surface area contributed by atoms with E-state index in [4.69, 9.17) is 0 Å². The second kappa shape index (κ2) is 5.72. The van der Waals surface area contributed by atoms with Crippen LogP contribution in [0.15, 0.2) is 0 Å². The Hall–Kier alpha value is -0.0400. The molecule has 0 bridgehead atoms. The number of nitrogens with one attached hydrogen (secondary N) is 1. The maximum Gasteiger partial charge on any atom is -0.00464 e. The van der Waals surface area contributed by atoms with E-state index in [0.29, 0.717) is 0 Å². The molecule has 1 heteroatoms. The molecule has 0 aliphatic carbocycles. The number of hydrogen-bond donors (Lipinski definition) is 1. The van der Waals surface area contributed by atoms with Crippen LogP contribution in [0.25, 0.3) is 0 Å². The Balaban J connectivity index is 3.13. The molecule has 0 fully saturated rings. The average Bonchev–Trinajstić information content (AvgIpc) is 1.88. The van der Waals surface area contributed by atoms with Crippen LogP contribution in [0.1, 0.15) is 34.1 Å². The van der Waals surface area contributed by atoms with Crippen molar-refractivity contribution in [3.63, 3.8) is 0 Å². The molecular formula is C9H21N. The van der Waals surface area contributed by atoms with Crippen LogP contribution in [0.2, 0.25) is 0 Å². The lowest BCUT2D eigenvalue weighted by molar-refractivity contribution is 0.385. The lowest BCUT2D eigenvalue weighted by atomic mass is 9.95. The van der Waals surface area contributed by atoms with E-state index >= 15 is 0 Å². The second-order valence-corrected chi connectivity index (χ2v) is 3.36. The van der Waals surface area contributed by atoms with Crippen molar-refractivity contribution in [3.8, 4) is 0 Å². The van der Waals surface area contributed by atoms with Crippen LogP contribution < -0.4 is 5.32 Å². The first-order valence-electron chi connectivity index (χ1n) is 4.39. The van der Waals surface area contributed by atoms with Gasteiger partial charge in [-0.25, -0.2) is 0 Å². The minimum absolute atomic E-state index is 0.832. The molecule has 0 aromatic rings. The summed E-state index contributed by atoms with van der Waals surface area (Å²) >= 11 is 0. The number of rotatable bonds is 5. The van der Waals surface area contributed by atoms with Crippen LogP contribution in [-0.4, -0.2) is 13.1 Å². The van der Waals surface area contributed by atoms with Crippen molar-refractivity contribution in [2.45, 2.75) is 34.1 Å². The minimum Gasteiger partial charge on any atom is -0.317 e. The molecule has 10 heavy (non-hydrogen) atoms. The van der Waals surface area contributed by atoms with Crippen LogP contribution in [0.4, 0.5) is 0 Å². The van der Waals surface area contributed by atoms with Gasteiger partial charge in [0.1, 0.15) is 0 Å². The Bertz CT molecular complexity index is 69.1. The van der Waals surface area contributed by atoms with Crippen molar-refractivity contribution in [1.82, 2.24) is 5.32 Å². The lowest BCUT2D eigenvalue weighted by Gasteiger charge is -2.14. The van der Waals surface area contributed by atoms with Crippen LogP contribution >= 0.6 is 0 Å². The Labute approximate surface area is 65.2 Å². The van der Waals surface area contributed by atoms with E-state index in [2.05, 4.69) is 33.0 Å². The monoisotopic (exact) mass is 143 g/mol. The van der Waals surface area contributed by atoms with Crippen molar-refractivity contribution >= 4 is 0 Å². The SMILES string of the molecule is CCNCCC(C)C(C)C. The predicted molar refractivity (Wildman–Crippen MR) is 47.2 cm³/mol. The van der Waals surface area contributed by atoms with Gasteiger partial charge in [-0.3, -0.25) is 0 Å². The molecule has 0 radical (unpaired) electrons. The highest BCUT2D eigenvalue weighted by atomic mass is 14.8. The third-order valence-electron chi connectivity index (χ3n) is 2.16. The number of hydrogen-bond acceptors (Lipinski definition) is 1. The summed E-state index contributed by atoms with van der Waals surface area (Å²) in [4.78, 5) is 0. The Kier molecular flexibility index (Phi) is 5.70. The van der Waals surface area contributed by atoms with Crippen molar-refractivity contribution in [2.24, 2.45) is 11.8 Å². The highest BCUT2D eigenvalue weighted by Gasteiger charge is 2.04. The summed E-state index contributed by atoms with van der Waals surface area (Å²) in [6, 6.07) is 0. The highest BCUT2D eigenvalue weighted by Crippen LogP contribution is 2.12. The van der Waals surface area contributed by atoms with Gasteiger partial charge in [0.15, 0.2) is 0 Å². The summed E-state index contributed by atoms with van der Waals surface area (Å²) in [7, 11) is 0. The molecule has 1 N–H and O–H groups in total. The second-order valence-electron chi connectivity index (χ2n) is 3.36. The normalized spacial score (nSPS) is 14.1. The maximum atomic E-state index is 3.33. The van der Waals surface area contributed by atoms with Gasteiger partial charge in [-0.05, 0) is 31.3 Å². The fourth-order valence-electron chi connectivity index (χ4n) is 0.840. The first kappa shape index (κ1) is 9.96. The van der Waals surface area contributed by atoms with Crippen molar-refractivity contribution < 1.29 is 0 Å². The largest absolute Gasteiger partial charge is 0.317 e. The summed E-state index contributed by atoms with van der Waals surface area (Å²) in [5, 5.41) is 3.33. The lowest BCUT2D eigenvalue weighted by Crippen LogP contribution is -2.18. The summed E-state index contributed by atoms with van der Waals surface area (Å²) in [6.45, 7) is 11.3. The highest BCUT2D eigenvalue weighted by molar-refractivity contribution is 4.58. The van der Waals surface area contributed by atoms with Crippen LogP contribution in [0, 0.1) is 11.8 Å². The molecule has 1 atom stereocenters. The first-order chi connectivity index (χ1) is 4.68. The fraction of sp³-hybridized carbons (Fsp3) is 1.00. The van der Waals surface area contributed by atoms with Gasteiger partial charge in [-0.1, -0.05) is 27.7 Å². The Morgan fingerprint density at radius 3 is 2.20 bits per heavy atom. The van der Waals surface area contributed by atoms with E-state index < -0.39 is 0 Å². The van der Waals surface area contributed by atoms with E-state index in [1.807, 2.05) is 0 Å². The van der Waals surface area contributed by atoms with E-state index in [-0.39, 0.29) is 0 Å². The minimum atomic E-state index is 0.832. The van der Waals surface area contributed by atoms with Gasteiger partial charge in [-0.2, -0.15) is 0 Å². The molecular weight excluding hydrogens is 122 g/mol. The quantitative estimate of drug-likeness (QED) is 0.582.